The Morgan fingerprint density at radius 3 is 2.59 bits per heavy atom. The van der Waals surface area contributed by atoms with Crippen LogP contribution >= 0.6 is 0 Å². The third-order valence-corrected chi connectivity index (χ3v) is 6.30. The van der Waals surface area contributed by atoms with Crippen molar-refractivity contribution in [3.8, 4) is 6.07 Å². The summed E-state index contributed by atoms with van der Waals surface area (Å²) in [7, 11) is 0. The average molecular weight is 369 g/mol. The maximum Gasteiger partial charge on any atom is 0.238 e. The number of nitrogens with two attached hydrogens (primary N) is 1. The van der Waals surface area contributed by atoms with Gasteiger partial charge in [-0.3, -0.25) is 4.79 Å². The Morgan fingerprint density at radius 2 is 1.96 bits per heavy atom. The number of rotatable bonds is 5. The fraction of sp³-hybridized carbons (Fsp3) is 0.636. The van der Waals surface area contributed by atoms with E-state index in [0.717, 1.165) is 19.5 Å². The van der Waals surface area contributed by atoms with E-state index in [4.69, 9.17) is 5.73 Å². The Hall–Kier alpha value is -2.06. The van der Waals surface area contributed by atoms with Crippen LogP contribution in [0.3, 0.4) is 0 Å². The second-order valence-electron chi connectivity index (χ2n) is 8.30. The largest absolute Gasteiger partial charge is 0.371 e. The molecule has 1 saturated heterocycles. The van der Waals surface area contributed by atoms with Gasteiger partial charge in [0.1, 0.15) is 5.54 Å². The molecule has 1 aromatic rings. The highest BCUT2D eigenvalue weighted by atomic mass is 16.2. The van der Waals surface area contributed by atoms with E-state index in [1.807, 2.05) is 12.1 Å². The molecule has 1 amide bonds. The number of piperidine rings is 1. The van der Waals surface area contributed by atoms with Crippen LogP contribution in [0.25, 0.3) is 0 Å². The number of anilines is 1. The number of benzene rings is 1. The van der Waals surface area contributed by atoms with E-state index < -0.39 is 11.6 Å². The first-order valence-corrected chi connectivity index (χ1v) is 10.3. The number of hydrogen-bond acceptors (Lipinski definition) is 4. The SMILES string of the molecule is Cc1ccccc1N1CCC(C#N)(NC(=O)C(N)CC2CCCCC2)CC1. The molecule has 5 heteroatoms. The molecule has 3 rings (SSSR count). The zero-order valence-electron chi connectivity index (χ0n) is 16.4. The highest BCUT2D eigenvalue weighted by molar-refractivity contribution is 5.82. The molecule has 2 fully saturated rings. The zero-order valence-corrected chi connectivity index (χ0v) is 16.4. The monoisotopic (exact) mass is 368 g/mol. The molecule has 1 aliphatic heterocycles. The van der Waals surface area contributed by atoms with Gasteiger partial charge >= 0.3 is 0 Å². The lowest BCUT2D eigenvalue weighted by atomic mass is 9.84. The minimum absolute atomic E-state index is 0.161. The lowest BCUT2D eigenvalue weighted by Gasteiger charge is -2.40. The maximum absolute atomic E-state index is 12.7. The highest BCUT2D eigenvalue weighted by Crippen LogP contribution is 2.29. The summed E-state index contributed by atoms with van der Waals surface area (Å²) in [5, 5.41) is 12.8. The summed E-state index contributed by atoms with van der Waals surface area (Å²) in [5.41, 5.74) is 7.84. The third kappa shape index (κ3) is 4.81. The minimum atomic E-state index is -0.791. The molecule has 1 aliphatic carbocycles. The molecule has 3 N–H and O–H groups in total. The molecule has 2 aliphatic rings. The van der Waals surface area contributed by atoms with Gasteiger partial charge < -0.3 is 16.0 Å². The number of carbonyl (C=O) groups is 1. The van der Waals surface area contributed by atoms with Crippen LogP contribution in [-0.4, -0.2) is 30.6 Å². The van der Waals surface area contributed by atoms with Crippen molar-refractivity contribution in [1.82, 2.24) is 5.32 Å². The van der Waals surface area contributed by atoms with E-state index >= 15 is 0 Å². The quantitative estimate of drug-likeness (QED) is 0.836. The third-order valence-electron chi connectivity index (χ3n) is 6.30. The number of nitrogens with zero attached hydrogens (tertiary/aromatic N) is 2. The summed E-state index contributed by atoms with van der Waals surface area (Å²) in [6, 6.07) is 10.2. The molecule has 0 bridgehead atoms. The van der Waals surface area contributed by atoms with Gasteiger partial charge in [0.15, 0.2) is 0 Å². The molecular formula is C22H32N4O. The molecule has 0 spiro atoms. The predicted molar refractivity (Wildman–Crippen MR) is 108 cm³/mol. The summed E-state index contributed by atoms with van der Waals surface area (Å²) in [6.45, 7) is 3.63. The topological polar surface area (TPSA) is 82.2 Å². The molecule has 1 unspecified atom stereocenters. The van der Waals surface area contributed by atoms with Crippen LogP contribution in [0.2, 0.25) is 0 Å². The van der Waals surface area contributed by atoms with Gasteiger partial charge in [0, 0.05) is 31.6 Å². The van der Waals surface area contributed by atoms with E-state index in [0.29, 0.717) is 18.8 Å². The Morgan fingerprint density at radius 1 is 1.30 bits per heavy atom. The number of nitrogens with one attached hydrogen (secondary N) is 1. The summed E-state index contributed by atoms with van der Waals surface area (Å²) >= 11 is 0. The Labute approximate surface area is 162 Å². The molecule has 0 radical (unpaired) electrons. The zero-order chi connectivity index (χ0) is 19.3. The summed E-state index contributed by atoms with van der Waals surface area (Å²) in [6.07, 6.45) is 8.13. The molecule has 1 saturated carbocycles. The fourth-order valence-corrected chi connectivity index (χ4v) is 4.53. The van der Waals surface area contributed by atoms with Crippen LogP contribution in [0.4, 0.5) is 5.69 Å². The normalized spacial score (nSPS) is 21.3. The summed E-state index contributed by atoms with van der Waals surface area (Å²) in [5.74, 6) is 0.395. The summed E-state index contributed by atoms with van der Waals surface area (Å²) in [4.78, 5) is 15.0. The van der Waals surface area contributed by atoms with E-state index in [2.05, 4.69) is 35.3 Å². The molecule has 1 aromatic carbocycles. The fourth-order valence-electron chi connectivity index (χ4n) is 4.53. The molecule has 5 nitrogen and oxygen atoms in total. The number of nitriles is 1. The molecule has 1 atom stereocenters. The van der Waals surface area contributed by atoms with Crippen molar-refractivity contribution in [1.29, 1.82) is 5.26 Å². The van der Waals surface area contributed by atoms with Crippen molar-refractivity contribution in [2.24, 2.45) is 11.7 Å². The summed E-state index contributed by atoms with van der Waals surface area (Å²) < 4.78 is 0. The van der Waals surface area contributed by atoms with Gasteiger partial charge in [0.2, 0.25) is 5.91 Å². The lowest BCUT2D eigenvalue weighted by molar-refractivity contribution is -0.124. The Kier molecular flexibility index (Phi) is 6.38. The van der Waals surface area contributed by atoms with Crippen molar-refractivity contribution >= 4 is 11.6 Å². The van der Waals surface area contributed by atoms with Crippen LogP contribution in [0.1, 0.15) is 56.9 Å². The lowest BCUT2D eigenvalue weighted by Crippen LogP contribution is -2.58. The van der Waals surface area contributed by atoms with Crippen molar-refractivity contribution in [3.05, 3.63) is 29.8 Å². The number of carbonyl (C=O) groups excluding carboxylic acids is 1. The van der Waals surface area contributed by atoms with Crippen molar-refractivity contribution in [3.63, 3.8) is 0 Å². The van der Waals surface area contributed by atoms with Gasteiger partial charge in [-0.1, -0.05) is 50.3 Å². The van der Waals surface area contributed by atoms with E-state index in [1.54, 1.807) is 0 Å². The van der Waals surface area contributed by atoms with Crippen LogP contribution < -0.4 is 16.0 Å². The van der Waals surface area contributed by atoms with Crippen LogP contribution in [0, 0.1) is 24.2 Å². The molecule has 27 heavy (non-hydrogen) atoms. The van der Waals surface area contributed by atoms with Gasteiger partial charge in [-0.15, -0.1) is 0 Å². The molecule has 1 heterocycles. The van der Waals surface area contributed by atoms with Crippen LogP contribution in [0.5, 0.6) is 0 Å². The molecule has 146 valence electrons. The number of amides is 1. The number of aryl methyl sites for hydroxylation is 1. The van der Waals surface area contributed by atoms with Gasteiger partial charge in [-0.2, -0.15) is 5.26 Å². The number of hydrogen-bond donors (Lipinski definition) is 2. The standard InChI is InChI=1S/C22H32N4O/c1-17-7-5-6-10-20(17)26-13-11-22(16-23,12-14-26)25-21(27)19(24)15-18-8-3-2-4-9-18/h5-7,10,18-19H,2-4,8-9,11-15,24H2,1H3,(H,25,27). The first-order valence-electron chi connectivity index (χ1n) is 10.3. The predicted octanol–water partition coefficient (Wildman–Crippen LogP) is 3.27. The Bertz CT molecular complexity index is 682. The first kappa shape index (κ1) is 19.7. The van der Waals surface area contributed by atoms with Crippen molar-refractivity contribution in [2.75, 3.05) is 18.0 Å². The van der Waals surface area contributed by atoms with Gasteiger partial charge in [0.05, 0.1) is 12.1 Å². The van der Waals surface area contributed by atoms with E-state index in [1.165, 1.54) is 43.4 Å². The second-order valence-corrected chi connectivity index (χ2v) is 8.30. The smallest absolute Gasteiger partial charge is 0.238 e. The molecular weight excluding hydrogens is 336 g/mol. The van der Waals surface area contributed by atoms with Gasteiger partial charge in [-0.05, 0) is 30.9 Å². The second kappa shape index (κ2) is 8.75. The van der Waals surface area contributed by atoms with Gasteiger partial charge in [0.25, 0.3) is 0 Å². The average Bonchev–Trinajstić information content (AvgIpc) is 2.70. The minimum Gasteiger partial charge on any atom is -0.371 e. The van der Waals surface area contributed by atoms with Crippen molar-refractivity contribution in [2.45, 2.75) is 69.9 Å². The maximum atomic E-state index is 12.7. The van der Waals surface area contributed by atoms with Crippen molar-refractivity contribution < 1.29 is 4.79 Å². The number of para-hydroxylation sites is 1. The first-order chi connectivity index (χ1) is 13.0. The van der Waals surface area contributed by atoms with E-state index in [9.17, 15) is 10.1 Å². The van der Waals surface area contributed by atoms with Crippen LogP contribution in [-0.2, 0) is 4.79 Å². The highest BCUT2D eigenvalue weighted by Gasteiger charge is 2.37. The van der Waals surface area contributed by atoms with Gasteiger partial charge in [-0.25, -0.2) is 0 Å². The molecule has 0 aromatic heterocycles. The Balaban J connectivity index is 1.56. The van der Waals surface area contributed by atoms with Crippen LogP contribution in [0.15, 0.2) is 24.3 Å². The van der Waals surface area contributed by atoms with E-state index in [-0.39, 0.29) is 5.91 Å².